The van der Waals surface area contributed by atoms with Crippen LogP contribution in [0.1, 0.15) is 25.1 Å². The number of hydrogen-bond acceptors (Lipinski definition) is 3. The monoisotopic (exact) mass is 307 g/mol. The normalized spacial score (nSPS) is 11.1. The summed E-state index contributed by atoms with van der Waals surface area (Å²) in [6.07, 6.45) is 1.66. The number of rotatable bonds is 7. The summed E-state index contributed by atoms with van der Waals surface area (Å²) in [7, 11) is 0. The van der Waals surface area contributed by atoms with Crippen LogP contribution in [0.4, 0.5) is 0 Å². The fourth-order valence-corrected chi connectivity index (χ4v) is 2.14. The van der Waals surface area contributed by atoms with Crippen LogP contribution >= 0.6 is 11.6 Å². The molecule has 1 heterocycles. The van der Waals surface area contributed by atoms with Crippen molar-refractivity contribution < 1.29 is 4.74 Å². The lowest BCUT2D eigenvalue weighted by Gasteiger charge is -2.14. The molecule has 1 N–H and O–H groups in total. The lowest BCUT2D eigenvalue weighted by Crippen LogP contribution is -2.22. The molecule has 0 amide bonds. The Morgan fingerprint density at radius 3 is 2.76 bits per heavy atom. The van der Waals surface area contributed by atoms with Crippen molar-refractivity contribution in [1.29, 1.82) is 0 Å². The predicted octanol–water partition coefficient (Wildman–Crippen LogP) is 3.42. The molecular weight excluding hydrogens is 286 g/mol. The fourth-order valence-electron chi connectivity index (χ4n) is 2.00. The van der Waals surface area contributed by atoms with Gasteiger partial charge in [-0.3, -0.25) is 4.68 Å². The van der Waals surface area contributed by atoms with Gasteiger partial charge in [0, 0.05) is 18.2 Å². The summed E-state index contributed by atoms with van der Waals surface area (Å²) in [6, 6.07) is 8.55. The minimum atomic E-state index is 0.451. The quantitative estimate of drug-likeness (QED) is 0.852. The first-order valence-electron chi connectivity index (χ1n) is 7.20. The molecule has 1 aromatic carbocycles. The minimum Gasteiger partial charge on any atom is -0.491 e. The minimum absolute atomic E-state index is 0.451. The van der Waals surface area contributed by atoms with Gasteiger partial charge < -0.3 is 10.1 Å². The van der Waals surface area contributed by atoms with Crippen molar-refractivity contribution in [1.82, 2.24) is 15.1 Å². The molecule has 0 spiro atoms. The van der Waals surface area contributed by atoms with Gasteiger partial charge in [-0.15, -0.1) is 0 Å². The first kappa shape index (κ1) is 15.9. The van der Waals surface area contributed by atoms with Crippen molar-refractivity contribution in [3.8, 4) is 5.75 Å². The van der Waals surface area contributed by atoms with Crippen LogP contribution in [0.5, 0.6) is 5.75 Å². The van der Waals surface area contributed by atoms with Crippen LogP contribution in [-0.2, 0) is 13.1 Å². The molecule has 21 heavy (non-hydrogen) atoms. The van der Waals surface area contributed by atoms with E-state index in [0.29, 0.717) is 24.2 Å². The number of aromatic nitrogens is 2. The summed E-state index contributed by atoms with van der Waals surface area (Å²) in [6.45, 7) is 8.28. The molecule has 0 saturated heterocycles. The molecule has 0 atom stereocenters. The average Bonchev–Trinajstić information content (AvgIpc) is 2.78. The highest BCUT2D eigenvalue weighted by Crippen LogP contribution is 2.18. The molecule has 114 valence electrons. The number of nitrogens with zero attached hydrogens (tertiary/aromatic N) is 2. The maximum Gasteiger partial charge on any atom is 0.123 e. The van der Waals surface area contributed by atoms with E-state index in [0.717, 1.165) is 18.0 Å². The number of hydrogen-bond donors (Lipinski definition) is 1. The Morgan fingerprint density at radius 2 is 2.10 bits per heavy atom. The van der Waals surface area contributed by atoms with Gasteiger partial charge >= 0.3 is 0 Å². The summed E-state index contributed by atoms with van der Waals surface area (Å²) < 4.78 is 7.75. The fraction of sp³-hybridized carbons (Fsp3) is 0.438. The van der Waals surface area contributed by atoms with Crippen LogP contribution in [-0.4, -0.2) is 22.4 Å². The van der Waals surface area contributed by atoms with Gasteiger partial charge in [0.1, 0.15) is 12.4 Å². The van der Waals surface area contributed by atoms with E-state index in [1.54, 1.807) is 6.20 Å². The second-order valence-corrected chi connectivity index (χ2v) is 5.70. The summed E-state index contributed by atoms with van der Waals surface area (Å²) in [5, 5.41) is 8.32. The van der Waals surface area contributed by atoms with Crippen LogP contribution in [0.15, 0.2) is 30.5 Å². The van der Waals surface area contributed by atoms with E-state index in [1.807, 2.05) is 29.8 Å². The Hall–Kier alpha value is -1.52. The maximum atomic E-state index is 5.99. The van der Waals surface area contributed by atoms with Crippen LogP contribution in [0, 0.1) is 6.92 Å². The lowest BCUT2D eigenvalue weighted by atomic mass is 10.2. The first-order valence-corrected chi connectivity index (χ1v) is 7.57. The first-order chi connectivity index (χ1) is 10.1. The predicted molar refractivity (Wildman–Crippen MR) is 85.9 cm³/mol. The van der Waals surface area contributed by atoms with Crippen molar-refractivity contribution in [2.45, 2.75) is 39.9 Å². The van der Waals surface area contributed by atoms with Crippen LogP contribution in [0.2, 0.25) is 5.02 Å². The van der Waals surface area contributed by atoms with E-state index in [2.05, 4.69) is 30.3 Å². The zero-order chi connectivity index (χ0) is 15.2. The molecule has 0 unspecified atom stereocenters. The van der Waals surface area contributed by atoms with Crippen LogP contribution in [0.25, 0.3) is 0 Å². The van der Waals surface area contributed by atoms with Gasteiger partial charge in [0.15, 0.2) is 0 Å². The SMILES string of the molecule is Cc1c(Cl)cnn1CCOc1ccccc1CNC(C)C. The number of nitrogens with one attached hydrogen (secondary N) is 1. The van der Waals surface area contributed by atoms with E-state index >= 15 is 0 Å². The molecule has 2 aromatic rings. The molecule has 4 nitrogen and oxygen atoms in total. The molecule has 0 radical (unpaired) electrons. The second kappa shape index (κ2) is 7.48. The summed E-state index contributed by atoms with van der Waals surface area (Å²) in [5.74, 6) is 0.918. The molecule has 1 aromatic heterocycles. The highest BCUT2D eigenvalue weighted by molar-refractivity contribution is 6.31. The Labute approximate surface area is 131 Å². The molecule has 5 heteroatoms. The van der Waals surface area contributed by atoms with E-state index in [9.17, 15) is 0 Å². The summed E-state index contributed by atoms with van der Waals surface area (Å²) in [4.78, 5) is 0. The Morgan fingerprint density at radius 1 is 1.33 bits per heavy atom. The third kappa shape index (κ3) is 4.48. The Balaban J connectivity index is 1.92. The molecule has 0 aliphatic heterocycles. The van der Waals surface area contributed by atoms with Crippen molar-refractivity contribution in [3.63, 3.8) is 0 Å². The molecule has 0 bridgehead atoms. The van der Waals surface area contributed by atoms with Gasteiger partial charge in [0.05, 0.1) is 23.5 Å². The second-order valence-electron chi connectivity index (χ2n) is 5.29. The Bertz CT molecular complexity index is 581. The number of benzene rings is 1. The van der Waals surface area contributed by atoms with Gasteiger partial charge in [-0.25, -0.2) is 0 Å². The van der Waals surface area contributed by atoms with Gasteiger partial charge in [0.25, 0.3) is 0 Å². The number of ether oxygens (including phenoxy) is 1. The summed E-state index contributed by atoms with van der Waals surface area (Å²) >= 11 is 5.99. The molecule has 0 aliphatic rings. The van der Waals surface area contributed by atoms with E-state index in [4.69, 9.17) is 16.3 Å². The van der Waals surface area contributed by atoms with E-state index in [1.165, 1.54) is 5.56 Å². The zero-order valence-electron chi connectivity index (χ0n) is 12.8. The lowest BCUT2D eigenvalue weighted by molar-refractivity contribution is 0.286. The highest BCUT2D eigenvalue weighted by atomic mass is 35.5. The smallest absolute Gasteiger partial charge is 0.123 e. The zero-order valence-corrected chi connectivity index (χ0v) is 13.5. The average molecular weight is 308 g/mol. The highest BCUT2D eigenvalue weighted by Gasteiger charge is 2.06. The third-order valence-electron chi connectivity index (χ3n) is 3.28. The number of para-hydroxylation sites is 1. The van der Waals surface area contributed by atoms with Crippen molar-refractivity contribution in [3.05, 3.63) is 46.7 Å². The summed E-state index contributed by atoms with van der Waals surface area (Å²) in [5.41, 5.74) is 2.14. The largest absolute Gasteiger partial charge is 0.491 e. The molecule has 2 rings (SSSR count). The van der Waals surface area contributed by atoms with Gasteiger partial charge in [-0.1, -0.05) is 43.6 Å². The molecule has 0 fully saturated rings. The topological polar surface area (TPSA) is 39.1 Å². The number of halogens is 1. The van der Waals surface area contributed by atoms with Crippen LogP contribution < -0.4 is 10.1 Å². The van der Waals surface area contributed by atoms with Gasteiger partial charge in [-0.05, 0) is 13.0 Å². The molecular formula is C16H22ClN3O. The van der Waals surface area contributed by atoms with E-state index < -0.39 is 0 Å². The van der Waals surface area contributed by atoms with Crippen molar-refractivity contribution in [2.75, 3.05) is 6.61 Å². The van der Waals surface area contributed by atoms with E-state index in [-0.39, 0.29) is 0 Å². The third-order valence-corrected chi connectivity index (χ3v) is 3.65. The maximum absolute atomic E-state index is 5.99. The van der Waals surface area contributed by atoms with Gasteiger partial charge in [-0.2, -0.15) is 5.10 Å². The van der Waals surface area contributed by atoms with Crippen molar-refractivity contribution in [2.24, 2.45) is 0 Å². The standard InChI is InChI=1S/C16H22ClN3O/c1-12(2)18-10-14-6-4-5-7-16(14)21-9-8-20-13(3)15(17)11-19-20/h4-7,11-12,18H,8-10H2,1-3H3. The van der Waals surface area contributed by atoms with Gasteiger partial charge in [0.2, 0.25) is 0 Å². The van der Waals surface area contributed by atoms with Crippen LogP contribution in [0.3, 0.4) is 0 Å². The Kier molecular flexibility index (Phi) is 5.65. The molecule has 0 saturated carbocycles. The van der Waals surface area contributed by atoms with Crippen molar-refractivity contribution >= 4 is 11.6 Å². The molecule has 0 aliphatic carbocycles.